The highest BCUT2D eigenvalue weighted by Gasteiger charge is 2.28. The van der Waals surface area contributed by atoms with Gasteiger partial charge in [0.2, 0.25) is 0 Å². The first-order valence-electron chi connectivity index (χ1n) is 10.1. The van der Waals surface area contributed by atoms with Crippen LogP contribution in [0.1, 0.15) is 54.5 Å². The summed E-state index contributed by atoms with van der Waals surface area (Å²) < 4.78 is 0. The second-order valence-electron chi connectivity index (χ2n) is 7.57. The molecule has 1 atom stereocenters. The van der Waals surface area contributed by atoms with Gasteiger partial charge in [0, 0.05) is 5.69 Å². The highest BCUT2D eigenvalue weighted by atomic mass is 15.2. The maximum Gasteiger partial charge on any atom is 0.121 e. The van der Waals surface area contributed by atoms with Crippen LogP contribution in [0.2, 0.25) is 0 Å². The minimum Gasteiger partial charge on any atom is -0.341 e. The van der Waals surface area contributed by atoms with Gasteiger partial charge in [0.25, 0.3) is 0 Å². The first kappa shape index (κ1) is 18.1. The van der Waals surface area contributed by atoms with Gasteiger partial charge in [0.05, 0.1) is 29.3 Å². The number of rotatable bonds is 7. The number of aromatic nitrogens is 3. The summed E-state index contributed by atoms with van der Waals surface area (Å²) in [6.45, 7) is 4.67. The molecular formula is C22H29N5. The highest BCUT2D eigenvalue weighted by Crippen LogP contribution is 2.34. The zero-order chi connectivity index (χ0) is 18.6. The average Bonchev–Trinajstić information content (AvgIpc) is 3.09. The summed E-state index contributed by atoms with van der Waals surface area (Å²) in [5, 5.41) is 0. The van der Waals surface area contributed by atoms with Gasteiger partial charge >= 0.3 is 0 Å². The predicted molar refractivity (Wildman–Crippen MR) is 109 cm³/mol. The van der Waals surface area contributed by atoms with Gasteiger partial charge in [-0.2, -0.15) is 0 Å². The van der Waals surface area contributed by atoms with Crippen molar-refractivity contribution in [2.45, 2.75) is 51.6 Å². The number of nitrogens with two attached hydrogens (primary N) is 1. The van der Waals surface area contributed by atoms with Crippen molar-refractivity contribution in [2.24, 2.45) is 5.73 Å². The number of imidazole rings is 1. The topological polar surface area (TPSA) is 70.8 Å². The molecule has 0 aliphatic heterocycles. The molecule has 4 rings (SSSR count). The molecule has 1 aliphatic carbocycles. The highest BCUT2D eigenvalue weighted by molar-refractivity contribution is 5.74. The molecule has 0 radical (unpaired) electrons. The number of nitrogens with zero attached hydrogens (tertiary/aromatic N) is 3. The first-order valence-corrected chi connectivity index (χ1v) is 10.1. The number of aromatic amines is 1. The average molecular weight is 364 g/mol. The Kier molecular flexibility index (Phi) is 5.50. The summed E-state index contributed by atoms with van der Waals surface area (Å²) in [6, 6.07) is 13.0. The van der Waals surface area contributed by atoms with Gasteiger partial charge in [-0.3, -0.25) is 9.88 Å². The number of nitrogens with one attached hydrogen (secondary N) is 1. The first-order chi connectivity index (χ1) is 13.2. The van der Waals surface area contributed by atoms with Gasteiger partial charge in [0.15, 0.2) is 0 Å². The van der Waals surface area contributed by atoms with Crippen molar-refractivity contribution in [3.63, 3.8) is 0 Å². The summed E-state index contributed by atoms with van der Waals surface area (Å²) in [7, 11) is 0. The van der Waals surface area contributed by atoms with E-state index in [2.05, 4.69) is 41.1 Å². The summed E-state index contributed by atoms with van der Waals surface area (Å²) in [5.74, 6) is 1.03. The molecule has 5 heteroatoms. The second kappa shape index (κ2) is 8.19. The molecule has 0 amide bonds. The minimum atomic E-state index is 0.361. The molecule has 0 spiro atoms. The Balaban J connectivity index is 1.62. The Bertz CT molecular complexity index is 868. The van der Waals surface area contributed by atoms with Gasteiger partial charge in [0.1, 0.15) is 5.82 Å². The third-order valence-corrected chi connectivity index (χ3v) is 5.52. The van der Waals surface area contributed by atoms with E-state index in [0.29, 0.717) is 6.04 Å². The Hall–Kier alpha value is -2.24. The predicted octanol–water partition coefficient (Wildman–Crippen LogP) is 3.88. The molecule has 0 saturated carbocycles. The van der Waals surface area contributed by atoms with Crippen LogP contribution in [0, 0.1) is 6.92 Å². The minimum absolute atomic E-state index is 0.361. The molecule has 1 aromatic carbocycles. The summed E-state index contributed by atoms with van der Waals surface area (Å²) >= 11 is 0. The zero-order valence-corrected chi connectivity index (χ0v) is 16.1. The maximum absolute atomic E-state index is 5.74. The normalized spacial score (nSPS) is 16.8. The van der Waals surface area contributed by atoms with E-state index in [1.54, 1.807) is 0 Å². The molecule has 0 bridgehead atoms. The van der Waals surface area contributed by atoms with Crippen molar-refractivity contribution in [3.05, 3.63) is 59.2 Å². The number of fused-ring (bicyclic) bond motifs is 2. The standard InChI is InChI=1S/C22H29N5/c1-16-11-12-17-7-6-10-20(22(17)24-16)27(14-5-4-13-23)15-21-25-18-8-2-3-9-19(18)26-21/h2-3,8-9,11-12,20H,4-7,10,13-15,23H2,1H3,(H,25,26). The zero-order valence-electron chi connectivity index (χ0n) is 16.1. The molecule has 0 fully saturated rings. The molecule has 2 aromatic heterocycles. The number of hydrogen-bond acceptors (Lipinski definition) is 4. The van der Waals surface area contributed by atoms with Crippen LogP contribution in [0.4, 0.5) is 0 Å². The van der Waals surface area contributed by atoms with Crippen molar-refractivity contribution >= 4 is 11.0 Å². The number of unbranched alkanes of at least 4 members (excludes halogenated alkanes) is 1. The van der Waals surface area contributed by atoms with E-state index >= 15 is 0 Å². The number of aryl methyl sites for hydroxylation is 2. The van der Waals surface area contributed by atoms with E-state index in [1.807, 2.05) is 12.1 Å². The van der Waals surface area contributed by atoms with E-state index in [-0.39, 0.29) is 0 Å². The second-order valence-corrected chi connectivity index (χ2v) is 7.57. The van der Waals surface area contributed by atoms with Crippen molar-refractivity contribution in [2.75, 3.05) is 13.1 Å². The lowest BCUT2D eigenvalue weighted by Crippen LogP contribution is -2.33. The lowest BCUT2D eigenvalue weighted by molar-refractivity contribution is 0.159. The van der Waals surface area contributed by atoms with E-state index in [1.165, 1.54) is 17.7 Å². The third-order valence-electron chi connectivity index (χ3n) is 5.52. The number of hydrogen-bond donors (Lipinski definition) is 2. The van der Waals surface area contributed by atoms with Crippen LogP contribution in [0.5, 0.6) is 0 Å². The fourth-order valence-corrected chi connectivity index (χ4v) is 4.16. The summed E-state index contributed by atoms with van der Waals surface area (Å²) in [6.07, 6.45) is 5.68. The van der Waals surface area contributed by atoms with Crippen molar-refractivity contribution < 1.29 is 0 Å². The molecule has 27 heavy (non-hydrogen) atoms. The Morgan fingerprint density at radius 1 is 1.15 bits per heavy atom. The van der Waals surface area contributed by atoms with Crippen LogP contribution in [-0.2, 0) is 13.0 Å². The van der Waals surface area contributed by atoms with Crippen LogP contribution in [0.25, 0.3) is 11.0 Å². The molecule has 1 unspecified atom stereocenters. The van der Waals surface area contributed by atoms with Crippen LogP contribution >= 0.6 is 0 Å². The molecule has 2 heterocycles. The van der Waals surface area contributed by atoms with E-state index in [4.69, 9.17) is 15.7 Å². The number of benzene rings is 1. The third kappa shape index (κ3) is 4.04. The summed E-state index contributed by atoms with van der Waals surface area (Å²) in [4.78, 5) is 15.8. The monoisotopic (exact) mass is 363 g/mol. The van der Waals surface area contributed by atoms with Gasteiger partial charge in [-0.25, -0.2) is 4.98 Å². The van der Waals surface area contributed by atoms with Gasteiger partial charge in [-0.1, -0.05) is 18.2 Å². The molecule has 1 aliphatic rings. The van der Waals surface area contributed by atoms with Crippen molar-refractivity contribution in [3.8, 4) is 0 Å². The van der Waals surface area contributed by atoms with Crippen molar-refractivity contribution in [1.82, 2.24) is 19.9 Å². The lowest BCUT2D eigenvalue weighted by Gasteiger charge is -2.35. The molecule has 3 aromatic rings. The quantitative estimate of drug-likeness (QED) is 0.625. The van der Waals surface area contributed by atoms with Crippen LogP contribution < -0.4 is 5.73 Å². The molecular weight excluding hydrogens is 334 g/mol. The fourth-order valence-electron chi connectivity index (χ4n) is 4.16. The van der Waals surface area contributed by atoms with E-state index in [9.17, 15) is 0 Å². The molecule has 3 N–H and O–H groups in total. The molecule has 0 saturated heterocycles. The smallest absolute Gasteiger partial charge is 0.121 e. The van der Waals surface area contributed by atoms with E-state index < -0.39 is 0 Å². The van der Waals surface area contributed by atoms with Crippen LogP contribution in [-0.4, -0.2) is 32.9 Å². The van der Waals surface area contributed by atoms with Gasteiger partial charge in [-0.15, -0.1) is 0 Å². The van der Waals surface area contributed by atoms with Gasteiger partial charge in [-0.05, 0) is 75.9 Å². The number of H-pyrrole nitrogens is 1. The largest absolute Gasteiger partial charge is 0.341 e. The lowest BCUT2D eigenvalue weighted by atomic mass is 9.90. The Labute approximate surface area is 161 Å². The number of para-hydroxylation sites is 2. The summed E-state index contributed by atoms with van der Waals surface area (Å²) in [5.41, 5.74) is 11.7. The Morgan fingerprint density at radius 3 is 2.89 bits per heavy atom. The van der Waals surface area contributed by atoms with Crippen LogP contribution in [0.15, 0.2) is 36.4 Å². The Morgan fingerprint density at radius 2 is 2.04 bits per heavy atom. The van der Waals surface area contributed by atoms with Crippen molar-refractivity contribution in [1.29, 1.82) is 0 Å². The SMILES string of the molecule is Cc1ccc2c(n1)C(N(CCCCN)Cc1nc3ccccc3[nH]1)CCC2. The molecule has 5 nitrogen and oxygen atoms in total. The van der Waals surface area contributed by atoms with Crippen LogP contribution in [0.3, 0.4) is 0 Å². The molecule has 142 valence electrons. The van der Waals surface area contributed by atoms with Gasteiger partial charge < -0.3 is 10.7 Å². The maximum atomic E-state index is 5.74. The number of pyridine rings is 1. The fraction of sp³-hybridized carbons (Fsp3) is 0.455. The van der Waals surface area contributed by atoms with E-state index in [0.717, 1.165) is 67.9 Å².